The number of hydrazone groups is 1. The van der Waals surface area contributed by atoms with Gasteiger partial charge in [-0.15, -0.1) is 0 Å². The van der Waals surface area contributed by atoms with Crippen LogP contribution in [-0.2, 0) is 0 Å². The molecule has 0 amide bonds. The smallest absolute Gasteiger partial charge is 0.400 e. The number of thiocarbonyl (C=S) groups is 1. The summed E-state index contributed by atoms with van der Waals surface area (Å²) in [5, 5.41) is 17.5. The van der Waals surface area contributed by atoms with Gasteiger partial charge in [0, 0.05) is 6.54 Å². The zero-order valence-corrected chi connectivity index (χ0v) is 10.7. The van der Waals surface area contributed by atoms with Crippen molar-refractivity contribution in [2.45, 2.75) is 19.8 Å². The summed E-state index contributed by atoms with van der Waals surface area (Å²) >= 11 is 4.95. The molecule has 8 heteroatoms. The van der Waals surface area contributed by atoms with Crippen LogP contribution in [-0.4, -0.2) is 22.8 Å². The number of nitrogens with zero attached hydrogens (tertiary/aromatic N) is 2. The summed E-state index contributed by atoms with van der Waals surface area (Å²) < 4.78 is 4.87. The molecule has 0 aliphatic carbocycles. The molecule has 1 rings (SSSR count). The normalized spacial score (nSPS) is 10.5. The van der Waals surface area contributed by atoms with Crippen LogP contribution < -0.4 is 10.7 Å². The van der Waals surface area contributed by atoms with E-state index in [2.05, 4.69) is 22.8 Å². The molecule has 0 atom stereocenters. The Balaban J connectivity index is 2.35. The Bertz CT molecular complexity index is 444. The van der Waals surface area contributed by atoms with E-state index in [1.54, 1.807) is 0 Å². The average molecular weight is 270 g/mol. The van der Waals surface area contributed by atoms with Gasteiger partial charge in [0.1, 0.15) is 4.92 Å². The number of hydrogen-bond donors (Lipinski definition) is 2. The van der Waals surface area contributed by atoms with Gasteiger partial charge < -0.3 is 9.73 Å². The van der Waals surface area contributed by atoms with Crippen molar-refractivity contribution in [3.8, 4) is 0 Å². The van der Waals surface area contributed by atoms with Crippen LogP contribution in [0, 0.1) is 10.1 Å². The molecule has 18 heavy (non-hydrogen) atoms. The van der Waals surface area contributed by atoms with E-state index in [1.165, 1.54) is 18.3 Å². The maximum Gasteiger partial charge on any atom is 0.433 e. The van der Waals surface area contributed by atoms with E-state index in [4.69, 9.17) is 16.6 Å². The minimum atomic E-state index is -0.609. The Labute approximate surface area is 109 Å². The van der Waals surface area contributed by atoms with Gasteiger partial charge in [-0.3, -0.25) is 15.5 Å². The monoisotopic (exact) mass is 270 g/mol. The van der Waals surface area contributed by atoms with E-state index >= 15 is 0 Å². The lowest BCUT2D eigenvalue weighted by Crippen LogP contribution is -2.32. The lowest BCUT2D eigenvalue weighted by atomic mass is 10.3. The van der Waals surface area contributed by atoms with Gasteiger partial charge in [0.05, 0.1) is 12.3 Å². The van der Waals surface area contributed by atoms with Crippen molar-refractivity contribution in [1.29, 1.82) is 0 Å². The Morgan fingerprint density at radius 2 is 2.44 bits per heavy atom. The maximum atomic E-state index is 10.4. The van der Waals surface area contributed by atoms with Crippen LogP contribution in [0.15, 0.2) is 21.7 Å². The van der Waals surface area contributed by atoms with Crippen molar-refractivity contribution >= 4 is 29.4 Å². The zero-order valence-electron chi connectivity index (χ0n) is 9.88. The molecule has 7 nitrogen and oxygen atoms in total. The minimum Gasteiger partial charge on any atom is -0.400 e. The van der Waals surface area contributed by atoms with Gasteiger partial charge in [0.25, 0.3) is 0 Å². The van der Waals surface area contributed by atoms with Crippen molar-refractivity contribution in [2.24, 2.45) is 5.10 Å². The van der Waals surface area contributed by atoms with Crippen LogP contribution in [0.5, 0.6) is 0 Å². The Morgan fingerprint density at radius 3 is 3.06 bits per heavy atom. The summed E-state index contributed by atoms with van der Waals surface area (Å²) in [6.07, 6.45) is 3.42. The van der Waals surface area contributed by atoms with Crippen molar-refractivity contribution in [3.63, 3.8) is 0 Å². The second-order valence-electron chi connectivity index (χ2n) is 3.41. The predicted octanol–water partition coefficient (Wildman–Crippen LogP) is 1.79. The standard InChI is InChI=1S/C10H14N4O3S/c1-2-3-6-11-10(18)13-12-7-8-4-5-9(17-8)14(15)16/h4-5,7H,2-3,6H2,1H3,(H2,11,13,18)/b12-7-. The Hall–Kier alpha value is -1.96. The Morgan fingerprint density at radius 1 is 1.67 bits per heavy atom. The summed E-state index contributed by atoms with van der Waals surface area (Å²) in [6.45, 7) is 2.87. The third-order valence-corrected chi connectivity index (χ3v) is 2.20. The van der Waals surface area contributed by atoms with Gasteiger partial charge in [-0.25, -0.2) is 0 Å². The summed E-state index contributed by atoms with van der Waals surface area (Å²) in [5.41, 5.74) is 2.59. The van der Waals surface area contributed by atoms with Gasteiger partial charge in [0.15, 0.2) is 10.9 Å². The van der Waals surface area contributed by atoms with Gasteiger partial charge >= 0.3 is 5.88 Å². The number of unbranched alkanes of at least 4 members (excludes halogenated alkanes) is 1. The number of rotatable bonds is 6. The quantitative estimate of drug-likeness (QED) is 0.269. The Kier molecular flexibility index (Phi) is 5.78. The van der Waals surface area contributed by atoms with E-state index in [9.17, 15) is 10.1 Å². The van der Waals surface area contributed by atoms with E-state index in [0.29, 0.717) is 5.11 Å². The van der Waals surface area contributed by atoms with Gasteiger partial charge in [-0.05, 0) is 24.7 Å². The SMILES string of the molecule is CCCCNC(=S)N/N=C\c1ccc([N+](=O)[O-])o1. The van der Waals surface area contributed by atoms with Crippen molar-refractivity contribution < 1.29 is 9.34 Å². The number of hydrogen-bond acceptors (Lipinski definition) is 5. The van der Waals surface area contributed by atoms with Crippen molar-refractivity contribution in [2.75, 3.05) is 6.54 Å². The number of nitrogens with one attached hydrogen (secondary N) is 2. The topological polar surface area (TPSA) is 92.7 Å². The second kappa shape index (κ2) is 7.38. The molecule has 0 radical (unpaired) electrons. The molecular formula is C10H14N4O3S. The molecule has 2 N–H and O–H groups in total. The van der Waals surface area contributed by atoms with Crippen LogP contribution in [0.3, 0.4) is 0 Å². The van der Waals surface area contributed by atoms with E-state index in [-0.39, 0.29) is 11.6 Å². The third-order valence-electron chi connectivity index (χ3n) is 1.97. The zero-order chi connectivity index (χ0) is 13.4. The first-order chi connectivity index (χ1) is 8.63. The summed E-state index contributed by atoms with van der Waals surface area (Å²) in [4.78, 5) is 9.75. The highest BCUT2D eigenvalue weighted by Crippen LogP contribution is 2.13. The highest BCUT2D eigenvalue weighted by atomic mass is 32.1. The van der Waals surface area contributed by atoms with Crippen LogP contribution >= 0.6 is 12.2 Å². The lowest BCUT2D eigenvalue weighted by molar-refractivity contribution is -0.402. The average Bonchev–Trinajstić information content (AvgIpc) is 2.78. The molecule has 0 aromatic carbocycles. The lowest BCUT2D eigenvalue weighted by Gasteiger charge is -2.04. The van der Waals surface area contributed by atoms with Crippen LogP contribution in [0.4, 0.5) is 5.88 Å². The van der Waals surface area contributed by atoms with E-state index in [0.717, 1.165) is 19.4 Å². The minimum absolute atomic E-state index is 0.283. The van der Waals surface area contributed by atoms with Crippen molar-refractivity contribution in [3.05, 3.63) is 28.0 Å². The molecule has 0 aliphatic heterocycles. The molecule has 0 aliphatic rings. The molecule has 0 bridgehead atoms. The summed E-state index contributed by atoms with van der Waals surface area (Å²) in [7, 11) is 0. The summed E-state index contributed by atoms with van der Waals surface area (Å²) in [6, 6.07) is 2.72. The van der Waals surface area contributed by atoms with Crippen molar-refractivity contribution in [1.82, 2.24) is 10.7 Å². The largest absolute Gasteiger partial charge is 0.433 e. The highest BCUT2D eigenvalue weighted by molar-refractivity contribution is 7.80. The summed E-state index contributed by atoms with van der Waals surface area (Å²) in [5.74, 6) is -0.0364. The second-order valence-corrected chi connectivity index (χ2v) is 3.82. The fraction of sp³-hybridized carbons (Fsp3) is 0.400. The van der Waals surface area contributed by atoms with Gasteiger partial charge in [0.2, 0.25) is 0 Å². The molecule has 0 unspecified atom stereocenters. The fourth-order valence-corrected chi connectivity index (χ4v) is 1.24. The molecule has 0 saturated heterocycles. The maximum absolute atomic E-state index is 10.4. The van der Waals surface area contributed by atoms with Gasteiger partial charge in [-0.2, -0.15) is 5.10 Å². The molecule has 1 aromatic heterocycles. The van der Waals surface area contributed by atoms with Crippen LogP contribution in [0.2, 0.25) is 0 Å². The number of nitro groups is 1. The molecule has 0 saturated carbocycles. The molecule has 0 fully saturated rings. The van der Waals surface area contributed by atoms with Gasteiger partial charge in [-0.1, -0.05) is 13.3 Å². The number of furan rings is 1. The molecule has 98 valence electrons. The molecule has 0 spiro atoms. The van der Waals surface area contributed by atoms with Crippen LogP contribution in [0.25, 0.3) is 0 Å². The highest BCUT2D eigenvalue weighted by Gasteiger charge is 2.09. The van der Waals surface area contributed by atoms with E-state index < -0.39 is 4.92 Å². The molecular weight excluding hydrogens is 256 g/mol. The predicted molar refractivity (Wildman–Crippen MR) is 71.6 cm³/mol. The first kappa shape index (κ1) is 14.1. The van der Waals surface area contributed by atoms with Crippen LogP contribution in [0.1, 0.15) is 25.5 Å². The first-order valence-electron chi connectivity index (χ1n) is 5.44. The third kappa shape index (κ3) is 4.91. The van der Waals surface area contributed by atoms with E-state index in [1.807, 2.05) is 0 Å². The molecule has 1 heterocycles. The first-order valence-corrected chi connectivity index (χ1v) is 5.85. The fourth-order valence-electron chi connectivity index (χ4n) is 1.08. The molecule has 1 aromatic rings.